The molecule has 56 heavy (non-hydrogen) atoms. The van der Waals surface area contributed by atoms with Crippen molar-refractivity contribution >= 4 is 31.5 Å². The van der Waals surface area contributed by atoms with Gasteiger partial charge >= 0.3 is 0 Å². The molecule has 0 aliphatic carbocycles. The van der Waals surface area contributed by atoms with Crippen molar-refractivity contribution in [1.82, 2.24) is 9.80 Å². The summed E-state index contributed by atoms with van der Waals surface area (Å²) in [6, 6.07) is 4.15. The highest BCUT2D eigenvalue weighted by Gasteiger charge is 2.41. The summed E-state index contributed by atoms with van der Waals surface area (Å²) in [5.74, 6) is -0.605. The minimum atomic E-state index is -2.12. The van der Waals surface area contributed by atoms with E-state index in [0.29, 0.717) is 38.7 Å². The Hall–Kier alpha value is -5.00. The zero-order valence-electron chi connectivity index (χ0n) is 33.4. The molecule has 0 aromatic heterocycles. The Balaban J connectivity index is 1.37. The number of aliphatic hydroxyl groups excluding tert-OH is 1. The molecule has 0 spiro atoms. The fourth-order valence-electron chi connectivity index (χ4n) is 6.41. The van der Waals surface area contributed by atoms with Gasteiger partial charge in [-0.3, -0.25) is 29.8 Å². The fourth-order valence-corrected chi connectivity index (χ4v) is 7.45. The van der Waals surface area contributed by atoms with Crippen LogP contribution in [0.1, 0.15) is 73.6 Å². The number of carbonyl (C=O) groups is 2. The Labute approximate surface area is 328 Å². The Morgan fingerprint density at radius 3 is 1.61 bits per heavy atom. The van der Waals surface area contributed by atoms with E-state index in [0.717, 1.165) is 17.2 Å². The van der Waals surface area contributed by atoms with E-state index in [1.165, 1.54) is 37.3 Å². The molecule has 0 saturated carbocycles. The quantitative estimate of drug-likeness (QED) is 0.0552. The molecule has 2 aromatic rings. The Bertz CT molecular complexity index is 1840. The second kappa shape index (κ2) is 18.3. The van der Waals surface area contributed by atoms with Crippen molar-refractivity contribution in [1.29, 1.82) is 0 Å². The van der Waals surface area contributed by atoms with Crippen molar-refractivity contribution in [3.8, 4) is 23.0 Å². The van der Waals surface area contributed by atoms with Gasteiger partial charge in [-0.05, 0) is 50.2 Å². The van der Waals surface area contributed by atoms with Crippen LogP contribution in [-0.4, -0.2) is 111 Å². The number of benzene rings is 2. The smallest absolute Gasteiger partial charge is 0.286 e. The molecule has 2 aliphatic heterocycles. The van der Waals surface area contributed by atoms with Crippen LogP contribution in [0.3, 0.4) is 0 Å². The molecule has 2 atom stereocenters. The number of unbranched alkanes of at least 4 members (excludes halogenated alkanes) is 2. The van der Waals surface area contributed by atoms with E-state index in [1.807, 2.05) is 0 Å². The van der Waals surface area contributed by atoms with E-state index in [4.69, 9.17) is 23.4 Å². The normalized spacial score (nSPS) is 17.3. The molecule has 2 fully saturated rings. The van der Waals surface area contributed by atoms with Crippen LogP contribution >= 0.6 is 0 Å². The molecule has 0 bridgehead atoms. The van der Waals surface area contributed by atoms with Gasteiger partial charge in [-0.1, -0.05) is 45.1 Å². The van der Waals surface area contributed by atoms with Crippen LogP contribution in [0, 0.1) is 20.2 Å². The predicted octanol–water partition coefficient (Wildman–Crippen LogP) is 6.70. The first-order valence-electron chi connectivity index (χ1n) is 18.5. The Morgan fingerprint density at radius 1 is 0.786 bits per heavy atom. The molecule has 17 heteroatoms. The number of nitrogens with zero attached hydrogens (tertiary/aromatic N) is 4. The highest BCUT2D eigenvalue weighted by molar-refractivity contribution is 6.74. The summed E-state index contributed by atoms with van der Waals surface area (Å²) >= 11 is 0. The van der Waals surface area contributed by atoms with E-state index < -0.39 is 47.4 Å². The molecule has 2 aliphatic rings. The van der Waals surface area contributed by atoms with Crippen LogP contribution in [0.25, 0.3) is 0 Å². The lowest BCUT2D eigenvalue weighted by Gasteiger charge is -2.38. The Morgan fingerprint density at radius 2 is 1.21 bits per heavy atom. The van der Waals surface area contributed by atoms with Crippen molar-refractivity contribution < 1.29 is 47.9 Å². The zero-order valence-corrected chi connectivity index (χ0v) is 34.4. The van der Waals surface area contributed by atoms with Crippen molar-refractivity contribution in [3.63, 3.8) is 0 Å². The number of methoxy groups -OCH3 is 2. The lowest BCUT2D eigenvalue weighted by atomic mass is 10.1. The van der Waals surface area contributed by atoms with Gasteiger partial charge in [-0.15, -0.1) is 0 Å². The van der Waals surface area contributed by atoms with Crippen molar-refractivity contribution in [2.75, 3.05) is 53.7 Å². The lowest BCUT2D eigenvalue weighted by molar-refractivity contribution is -0.385. The van der Waals surface area contributed by atoms with Gasteiger partial charge in [0.2, 0.25) is 0 Å². The summed E-state index contributed by atoms with van der Waals surface area (Å²) in [7, 11) is 0.636. The first kappa shape index (κ1) is 43.7. The summed E-state index contributed by atoms with van der Waals surface area (Å²) in [6.45, 7) is 19.4. The SMILES string of the molecule is C=C1C[C@@H](CO)N(C(=O)c2cc(OC)c(OCCCCCOc3cc([N+](=O)[O-])c(C(=O)N4CC(=C)C[C@H]4CO[Si](C)(C)C(C)(C)C)cc3OC)cc2[N+](=O)[O-])C1. The molecule has 2 amide bonds. The summed E-state index contributed by atoms with van der Waals surface area (Å²) in [5.41, 5.74) is 0.420. The lowest BCUT2D eigenvalue weighted by Crippen LogP contribution is -2.46. The maximum Gasteiger partial charge on any atom is 0.286 e. The van der Waals surface area contributed by atoms with Crippen molar-refractivity contribution in [3.05, 3.63) is 79.9 Å². The second-order valence-corrected chi connectivity index (χ2v) is 20.5. The number of aliphatic hydroxyl groups is 1. The molecular formula is C39H54N4O12Si. The Kier molecular flexibility index (Phi) is 14.3. The zero-order chi connectivity index (χ0) is 41.5. The molecule has 0 unspecified atom stereocenters. The summed E-state index contributed by atoms with van der Waals surface area (Å²) in [4.78, 5) is 53.1. The topological polar surface area (TPSA) is 193 Å². The standard InChI is InChI=1S/C39H54N4O12Si/c1-25-15-27(23-44)40(21-25)37(45)29-17-33(51-6)35(19-31(29)42(47)48)53-13-11-10-12-14-54-36-20-32(43(49)50)30(18-34(36)52-7)38(46)41-22-26(2)16-28(41)24-55-56(8,9)39(3,4)5/h17-20,27-28,44H,1-2,10-16,21-24H2,3-9H3/t27-,28-/m0/s1. The molecular weight excluding hydrogens is 745 g/mol. The average molecular weight is 799 g/mol. The first-order valence-corrected chi connectivity index (χ1v) is 21.4. The van der Waals surface area contributed by atoms with Gasteiger partial charge in [0.15, 0.2) is 31.3 Å². The third-order valence-electron chi connectivity index (χ3n) is 10.6. The monoisotopic (exact) mass is 798 g/mol. The minimum absolute atomic E-state index is 0.0274. The average Bonchev–Trinajstić information content (AvgIpc) is 3.72. The molecule has 2 heterocycles. The number of nitro benzene ring substituents is 2. The van der Waals surface area contributed by atoms with Gasteiger partial charge in [0.05, 0.1) is 74.7 Å². The van der Waals surface area contributed by atoms with Crippen LogP contribution in [-0.2, 0) is 4.43 Å². The van der Waals surface area contributed by atoms with E-state index in [9.17, 15) is 34.9 Å². The molecule has 2 aromatic carbocycles. The highest BCUT2D eigenvalue weighted by atomic mass is 28.4. The third-order valence-corrected chi connectivity index (χ3v) is 15.1. The number of amides is 2. The number of rotatable bonds is 18. The number of carbonyl (C=O) groups excluding carboxylic acids is 2. The maximum atomic E-state index is 13.9. The minimum Gasteiger partial charge on any atom is -0.493 e. The van der Waals surface area contributed by atoms with Crippen LogP contribution < -0.4 is 18.9 Å². The highest BCUT2D eigenvalue weighted by Crippen LogP contribution is 2.40. The second-order valence-electron chi connectivity index (χ2n) is 15.6. The maximum absolute atomic E-state index is 13.9. The predicted molar refractivity (Wildman–Crippen MR) is 212 cm³/mol. The summed E-state index contributed by atoms with van der Waals surface area (Å²) in [5, 5.41) is 33.9. The number of hydrogen-bond donors (Lipinski definition) is 1. The van der Waals surface area contributed by atoms with E-state index in [-0.39, 0.29) is 78.1 Å². The molecule has 306 valence electrons. The first-order chi connectivity index (χ1) is 26.3. The number of hydrogen-bond acceptors (Lipinski definition) is 12. The molecule has 4 rings (SSSR count). The van der Waals surface area contributed by atoms with E-state index in [2.05, 4.69) is 47.0 Å². The van der Waals surface area contributed by atoms with E-state index >= 15 is 0 Å². The van der Waals surface area contributed by atoms with Gasteiger partial charge < -0.3 is 38.3 Å². The van der Waals surface area contributed by atoms with E-state index in [1.54, 1.807) is 4.90 Å². The van der Waals surface area contributed by atoms with Crippen LogP contribution in [0.15, 0.2) is 48.6 Å². The third kappa shape index (κ3) is 10.0. The molecule has 2 saturated heterocycles. The van der Waals surface area contributed by atoms with Gasteiger partial charge in [0.25, 0.3) is 23.2 Å². The van der Waals surface area contributed by atoms with Crippen LogP contribution in [0.5, 0.6) is 23.0 Å². The van der Waals surface area contributed by atoms with Crippen LogP contribution in [0.2, 0.25) is 18.1 Å². The largest absolute Gasteiger partial charge is 0.493 e. The van der Waals surface area contributed by atoms with Crippen molar-refractivity contribution in [2.24, 2.45) is 0 Å². The molecule has 0 radical (unpaired) electrons. The van der Waals surface area contributed by atoms with Gasteiger partial charge in [0.1, 0.15) is 11.1 Å². The molecule has 1 N–H and O–H groups in total. The van der Waals surface area contributed by atoms with Gasteiger partial charge in [-0.25, -0.2) is 0 Å². The van der Waals surface area contributed by atoms with Gasteiger partial charge in [-0.2, -0.15) is 0 Å². The summed E-state index contributed by atoms with van der Waals surface area (Å²) < 4.78 is 29.0. The molecule has 16 nitrogen and oxygen atoms in total. The van der Waals surface area contributed by atoms with Crippen molar-refractivity contribution in [2.45, 2.75) is 83.1 Å². The fraction of sp³-hybridized carbons (Fsp3) is 0.538. The number of nitro groups is 2. The number of likely N-dealkylation sites (tertiary alicyclic amines) is 2. The summed E-state index contributed by atoms with van der Waals surface area (Å²) in [6.07, 6.45) is 2.58. The van der Waals surface area contributed by atoms with Gasteiger partial charge in [0, 0.05) is 25.2 Å². The van der Waals surface area contributed by atoms with Crippen LogP contribution in [0.4, 0.5) is 11.4 Å². The number of ether oxygens (including phenoxy) is 4.